The van der Waals surface area contributed by atoms with Gasteiger partial charge in [0.2, 0.25) is 0 Å². The minimum Gasteiger partial charge on any atom is -0.379 e. The van der Waals surface area contributed by atoms with Gasteiger partial charge in [-0.15, -0.1) is 0 Å². The number of likely N-dealkylation sites (tertiary alicyclic amines) is 1. The third-order valence-electron chi connectivity index (χ3n) is 5.36. The Labute approximate surface area is 150 Å². The topological polar surface area (TPSA) is 33.5 Å². The first-order valence-electron chi connectivity index (χ1n) is 9.49. The maximum Gasteiger partial charge on any atom is 0.0690 e. The van der Waals surface area contributed by atoms with Gasteiger partial charge in [0, 0.05) is 45.1 Å². The van der Waals surface area contributed by atoms with Crippen molar-refractivity contribution in [2.24, 2.45) is 5.92 Å². The lowest BCUT2D eigenvalue weighted by Crippen LogP contribution is -2.44. The van der Waals surface area contributed by atoms with Crippen molar-refractivity contribution in [1.82, 2.24) is 19.6 Å². The molecule has 0 radical (unpaired) electrons. The van der Waals surface area contributed by atoms with Crippen molar-refractivity contribution in [3.05, 3.63) is 48.3 Å². The molecule has 5 heteroatoms. The number of morpholine rings is 1. The Morgan fingerprint density at radius 1 is 1.04 bits per heavy atom. The van der Waals surface area contributed by atoms with Gasteiger partial charge in [-0.1, -0.05) is 18.2 Å². The van der Waals surface area contributed by atoms with Crippen LogP contribution in [-0.4, -0.2) is 65.5 Å². The summed E-state index contributed by atoms with van der Waals surface area (Å²) in [6, 6.07) is 10.6. The highest BCUT2D eigenvalue weighted by molar-refractivity contribution is 5.40. The van der Waals surface area contributed by atoms with Gasteiger partial charge in [-0.3, -0.25) is 9.80 Å². The van der Waals surface area contributed by atoms with Crippen molar-refractivity contribution in [2.45, 2.75) is 19.4 Å². The van der Waals surface area contributed by atoms with Crippen LogP contribution < -0.4 is 0 Å². The third kappa shape index (κ3) is 4.29. The van der Waals surface area contributed by atoms with Crippen molar-refractivity contribution in [3.63, 3.8) is 0 Å². The normalized spacial score (nSPS) is 23.0. The Morgan fingerprint density at radius 2 is 1.92 bits per heavy atom. The van der Waals surface area contributed by atoms with Crippen LogP contribution in [0.3, 0.4) is 0 Å². The lowest BCUT2D eigenvalue weighted by Gasteiger charge is -2.37. The standard InChI is InChI=1S/C20H28N4O/c1-2-7-20(24-10-4-8-21-24)19(6-1)17-23-9-3-5-18(16-23)15-22-11-13-25-14-12-22/h1-2,4,6-8,10,18H,3,5,9,11-17H2. The fraction of sp³-hybridized carbons (Fsp3) is 0.550. The maximum atomic E-state index is 5.48. The van der Waals surface area contributed by atoms with E-state index in [1.165, 1.54) is 43.7 Å². The van der Waals surface area contributed by atoms with Crippen molar-refractivity contribution >= 4 is 0 Å². The average Bonchev–Trinajstić information content (AvgIpc) is 3.18. The summed E-state index contributed by atoms with van der Waals surface area (Å²) in [5, 5.41) is 4.41. The lowest BCUT2D eigenvalue weighted by atomic mass is 9.96. The molecule has 2 fully saturated rings. The first kappa shape index (κ1) is 16.8. The highest BCUT2D eigenvalue weighted by Gasteiger charge is 2.23. The van der Waals surface area contributed by atoms with Gasteiger partial charge in [-0.25, -0.2) is 4.68 Å². The molecule has 0 bridgehead atoms. The summed E-state index contributed by atoms with van der Waals surface area (Å²) in [6.45, 7) is 8.62. The monoisotopic (exact) mass is 340 g/mol. The molecule has 134 valence electrons. The number of para-hydroxylation sites is 1. The molecule has 0 aliphatic carbocycles. The first-order valence-corrected chi connectivity index (χ1v) is 9.49. The number of hydrogen-bond acceptors (Lipinski definition) is 4. The van der Waals surface area contributed by atoms with E-state index in [0.29, 0.717) is 0 Å². The Bertz CT molecular complexity index is 651. The summed E-state index contributed by atoms with van der Waals surface area (Å²) in [5.41, 5.74) is 2.56. The molecule has 1 aromatic carbocycles. The quantitative estimate of drug-likeness (QED) is 0.837. The molecular formula is C20H28N4O. The summed E-state index contributed by atoms with van der Waals surface area (Å²) in [4.78, 5) is 5.20. The fourth-order valence-electron chi connectivity index (χ4n) is 4.11. The van der Waals surface area contributed by atoms with Gasteiger partial charge in [0.15, 0.2) is 0 Å². The molecule has 0 saturated carbocycles. The van der Waals surface area contributed by atoms with Gasteiger partial charge < -0.3 is 4.74 Å². The fourth-order valence-corrected chi connectivity index (χ4v) is 4.11. The van der Waals surface area contributed by atoms with Crippen molar-refractivity contribution in [1.29, 1.82) is 0 Å². The Morgan fingerprint density at radius 3 is 2.76 bits per heavy atom. The molecule has 0 amide bonds. The van der Waals surface area contributed by atoms with Crippen LogP contribution in [0.5, 0.6) is 0 Å². The largest absolute Gasteiger partial charge is 0.379 e. The predicted octanol–water partition coefficient (Wildman–Crippen LogP) is 2.42. The van der Waals surface area contributed by atoms with Crippen molar-refractivity contribution in [3.8, 4) is 5.69 Å². The van der Waals surface area contributed by atoms with E-state index in [2.05, 4.69) is 39.2 Å². The van der Waals surface area contributed by atoms with E-state index in [9.17, 15) is 0 Å². The highest BCUT2D eigenvalue weighted by Crippen LogP contribution is 2.22. The number of hydrogen-bond donors (Lipinski definition) is 0. The minimum atomic E-state index is 0.781. The number of benzene rings is 1. The van der Waals surface area contributed by atoms with Gasteiger partial charge >= 0.3 is 0 Å². The summed E-state index contributed by atoms with van der Waals surface area (Å²) in [6.07, 6.45) is 6.53. The molecule has 0 spiro atoms. The SMILES string of the molecule is c1ccc(-n2cccn2)c(CN2CCCC(CN3CCOCC3)C2)c1. The predicted molar refractivity (Wildman–Crippen MR) is 98.8 cm³/mol. The van der Waals surface area contributed by atoms with Crippen LogP contribution in [-0.2, 0) is 11.3 Å². The molecular weight excluding hydrogens is 312 g/mol. The van der Waals surface area contributed by atoms with Crippen LogP contribution in [0.1, 0.15) is 18.4 Å². The molecule has 25 heavy (non-hydrogen) atoms. The van der Waals surface area contributed by atoms with E-state index in [0.717, 1.165) is 38.8 Å². The van der Waals surface area contributed by atoms with Gasteiger partial charge in [0.1, 0.15) is 0 Å². The zero-order chi connectivity index (χ0) is 16.9. The molecule has 1 atom stereocenters. The van der Waals surface area contributed by atoms with Crippen LogP contribution in [0.15, 0.2) is 42.7 Å². The number of aromatic nitrogens is 2. The van der Waals surface area contributed by atoms with E-state index >= 15 is 0 Å². The number of rotatable bonds is 5. The molecule has 4 rings (SSSR count). The van der Waals surface area contributed by atoms with Crippen LogP contribution in [0.25, 0.3) is 5.69 Å². The van der Waals surface area contributed by atoms with Crippen molar-refractivity contribution in [2.75, 3.05) is 45.9 Å². The third-order valence-corrected chi connectivity index (χ3v) is 5.36. The van der Waals surface area contributed by atoms with E-state index in [1.54, 1.807) is 0 Å². The molecule has 2 aliphatic rings. The van der Waals surface area contributed by atoms with Crippen LogP contribution >= 0.6 is 0 Å². The van der Waals surface area contributed by atoms with Gasteiger partial charge in [0.25, 0.3) is 0 Å². The number of nitrogens with zero attached hydrogens (tertiary/aromatic N) is 4. The number of ether oxygens (including phenoxy) is 1. The molecule has 2 aromatic rings. The Hall–Kier alpha value is -1.69. The van der Waals surface area contributed by atoms with Crippen LogP contribution in [0.4, 0.5) is 0 Å². The van der Waals surface area contributed by atoms with E-state index in [-0.39, 0.29) is 0 Å². The smallest absolute Gasteiger partial charge is 0.0690 e. The van der Waals surface area contributed by atoms with Gasteiger partial charge in [-0.05, 0) is 43.0 Å². The second-order valence-electron chi connectivity index (χ2n) is 7.24. The maximum absolute atomic E-state index is 5.48. The van der Waals surface area contributed by atoms with Crippen molar-refractivity contribution < 1.29 is 4.74 Å². The molecule has 2 aliphatic heterocycles. The molecule has 2 saturated heterocycles. The summed E-state index contributed by atoms with van der Waals surface area (Å²) < 4.78 is 7.45. The molecule has 3 heterocycles. The molecule has 1 unspecified atom stereocenters. The van der Waals surface area contributed by atoms with Gasteiger partial charge in [0.05, 0.1) is 18.9 Å². The zero-order valence-corrected chi connectivity index (χ0v) is 14.9. The Balaban J connectivity index is 1.39. The summed E-state index contributed by atoms with van der Waals surface area (Å²) in [7, 11) is 0. The van der Waals surface area contributed by atoms with E-state index < -0.39 is 0 Å². The highest BCUT2D eigenvalue weighted by atomic mass is 16.5. The number of piperidine rings is 1. The van der Waals surface area contributed by atoms with Crippen LogP contribution in [0, 0.1) is 5.92 Å². The second kappa shape index (κ2) is 8.13. The molecule has 1 aromatic heterocycles. The van der Waals surface area contributed by atoms with Crippen LogP contribution in [0.2, 0.25) is 0 Å². The summed E-state index contributed by atoms with van der Waals surface area (Å²) >= 11 is 0. The van der Waals surface area contributed by atoms with E-state index in [4.69, 9.17) is 4.74 Å². The van der Waals surface area contributed by atoms with E-state index in [1.807, 2.05) is 23.1 Å². The average molecular weight is 340 g/mol. The second-order valence-corrected chi connectivity index (χ2v) is 7.24. The molecule has 5 nitrogen and oxygen atoms in total. The first-order chi connectivity index (χ1) is 12.4. The zero-order valence-electron chi connectivity index (χ0n) is 14.9. The lowest BCUT2D eigenvalue weighted by molar-refractivity contribution is 0.0224. The minimum absolute atomic E-state index is 0.781. The molecule has 0 N–H and O–H groups in total. The van der Waals surface area contributed by atoms with Gasteiger partial charge in [-0.2, -0.15) is 5.10 Å². The summed E-state index contributed by atoms with van der Waals surface area (Å²) in [5.74, 6) is 0.781. The Kier molecular flexibility index (Phi) is 5.45.